The van der Waals surface area contributed by atoms with Crippen molar-refractivity contribution in [2.45, 2.75) is 0 Å². The number of benzene rings is 1. The van der Waals surface area contributed by atoms with Crippen molar-refractivity contribution in [2.24, 2.45) is 0 Å². The van der Waals surface area contributed by atoms with E-state index in [9.17, 15) is 4.79 Å². The summed E-state index contributed by atoms with van der Waals surface area (Å²) in [4.78, 5) is 15.8. The van der Waals surface area contributed by atoms with E-state index < -0.39 is 0 Å². The highest BCUT2D eigenvalue weighted by atomic mass is 35.5. The van der Waals surface area contributed by atoms with E-state index in [-0.39, 0.29) is 5.91 Å². The molecule has 0 saturated carbocycles. The lowest BCUT2D eigenvalue weighted by Crippen LogP contribution is -2.12. The second-order valence-corrected chi connectivity index (χ2v) is 4.47. The number of ether oxygens (including phenoxy) is 1. The number of carbonyl (C=O) groups is 1. The van der Waals surface area contributed by atoms with Crippen LogP contribution in [0.5, 0.6) is 5.75 Å². The molecule has 0 fully saturated rings. The second-order valence-electron chi connectivity index (χ2n) is 3.66. The van der Waals surface area contributed by atoms with Crippen LogP contribution in [-0.2, 0) is 0 Å². The molecule has 1 N–H and O–H groups in total. The number of anilines is 1. The first-order chi connectivity index (χ1) is 9.11. The minimum absolute atomic E-state index is 0.291. The molecule has 2 rings (SSSR count). The minimum Gasteiger partial charge on any atom is -0.495 e. The zero-order valence-corrected chi connectivity index (χ0v) is 11.5. The quantitative estimate of drug-likeness (QED) is 0.940. The summed E-state index contributed by atoms with van der Waals surface area (Å²) in [5.74, 6) is 0.218. The highest BCUT2D eigenvalue weighted by Crippen LogP contribution is 2.27. The molecule has 0 aliphatic heterocycles. The normalized spacial score (nSPS) is 10.1. The molecule has 0 bridgehead atoms. The average molecular weight is 297 g/mol. The number of hydrogen-bond acceptors (Lipinski definition) is 3. The van der Waals surface area contributed by atoms with Crippen molar-refractivity contribution >= 4 is 34.8 Å². The summed E-state index contributed by atoms with van der Waals surface area (Å²) >= 11 is 11.9. The fraction of sp³-hybridized carbons (Fsp3) is 0.0769. The van der Waals surface area contributed by atoms with Crippen LogP contribution in [0.3, 0.4) is 0 Å². The van der Waals surface area contributed by atoms with Gasteiger partial charge in [0.2, 0.25) is 0 Å². The average Bonchev–Trinajstić information content (AvgIpc) is 2.39. The molecule has 1 aromatic carbocycles. The minimum atomic E-state index is -0.325. The molecular weight excluding hydrogens is 287 g/mol. The molecule has 0 unspecified atom stereocenters. The summed E-state index contributed by atoms with van der Waals surface area (Å²) in [6, 6.07) is 6.51. The number of nitrogens with zero attached hydrogens (tertiary/aromatic N) is 1. The molecule has 0 atom stereocenters. The molecule has 0 radical (unpaired) electrons. The zero-order valence-electron chi connectivity index (χ0n) is 9.98. The summed E-state index contributed by atoms with van der Waals surface area (Å²) in [5.41, 5.74) is 0.910. The second kappa shape index (κ2) is 5.91. The Morgan fingerprint density at radius 3 is 2.68 bits per heavy atom. The fourth-order valence-corrected chi connectivity index (χ4v) is 1.96. The lowest BCUT2D eigenvalue weighted by molar-refractivity contribution is 0.102. The summed E-state index contributed by atoms with van der Waals surface area (Å²) in [6.07, 6.45) is 2.92. The lowest BCUT2D eigenvalue weighted by Gasteiger charge is -2.08. The standard InChI is InChI=1S/C13H10Cl2N2O2/c1-19-12-3-2-8(6-10(12)14)17-13(18)9-4-5-16-7-11(9)15/h2-7H,1H3,(H,17,18). The van der Waals surface area contributed by atoms with Gasteiger partial charge in [0.05, 0.1) is 22.7 Å². The van der Waals surface area contributed by atoms with Crippen LogP contribution in [-0.4, -0.2) is 18.0 Å². The number of amides is 1. The van der Waals surface area contributed by atoms with E-state index in [1.165, 1.54) is 19.5 Å². The lowest BCUT2D eigenvalue weighted by atomic mass is 10.2. The van der Waals surface area contributed by atoms with Crippen molar-refractivity contribution < 1.29 is 9.53 Å². The first kappa shape index (κ1) is 13.6. The molecule has 0 spiro atoms. The van der Waals surface area contributed by atoms with Crippen LogP contribution in [0.4, 0.5) is 5.69 Å². The maximum Gasteiger partial charge on any atom is 0.257 e. The maximum absolute atomic E-state index is 12.0. The Morgan fingerprint density at radius 2 is 2.05 bits per heavy atom. The molecule has 6 heteroatoms. The third-order valence-corrected chi connectivity index (χ3v) is 3.02. The fourth-order valence-electron chi connectivity index (χ4n) is 1.50. The topological polar surface area (TPSA) is 51.2 Å². The number of halogens is 2. The summed E-state index contributed by atoms with van der Waals surface area (Å²) < 4.78 is 5.03. The van der Waals surface area contributed by atoms with Crippen LogP contribution in [0.25, 0.3) is 0 Å². The smallest absolute Gasteiger partial charge is 0.257 e. The Hall–Kier alpha value is -1.78. The van der Waals surface area contributed by atoms with Crippen LogP contribution in [0.2, 0.25) is 10.0 Å². The van der Waals surface area contributed by atoms with Gasteiger partial charge in [-0.3, -0.25) is 9.78 Å². The Labute approximate surface area is 120 Å². The van der Waals surface area contributed by atoms with Crippen molar-refractivity contribution in [3.05, 3.63) is 52.3 Å². The van der Waals surface area contributed by atoms with Crippen LogP contribution in [0.1, 0.15) is 10.4 Å². The van der Waals surface area contributed by atoms with Gasteiger partial charge in [-0.05, 0) is 24.3 Å². The Kier molecular flexibility index (Phi) is 4.24. The van der Waals surface area contributed by atoms with E-state index in [0.29, 0.717) is 27.0 Å². The first-order valence-electron chi connectivity index (χ1n) is 5.36. The van der Waals surface area contributed by atoms with Gasteiger partial charge in [-0.15, -0.1) is 0 Å². The van der Waals surface area contributed by atoms with E-state index in [1.807, 2.05) is 0 Å². The summed E-state index contributed by atoms with van der Waals surface area (Å²) in [5, 5.41) is 3.41. The van der Waals surface area contributed by atoms with Crippen molar-refractivity contribution in [3.8, 4) is 5.75 Å². The largest absolute Gasteiger partial charge is 0.495 e. The van der Waals surface area contributed by atoms with E-state index in [0.717, 1.165) is 0 Å². The molecule has 98 valence electrons. The van der Waals surface area contributed by atoms with Gasteiger partial charge in [0.1, 0.15) is 5.75 Å². The van der Waals surface area contributed by atoms with Crippen molar-refractivity contribution in [1.29, 1.82) is 0 Å². The van der Waals surface area contributed by atoms with Gasteiger partial charge in [-0.25, -0.2) is 0 Å². The molecule has 19 heavy (non-hydrogen) atoms. The molecule has 1 heterocycles. The van der Waals surface area contributed by atoms with E-state index in [1.54, 1.807) is 24.3 Å². The Balaban J connectivity index is 2.20. The van der Waals surface area contributed by atoms with Crippen molar-refractivity contribution in [3.63, 3.8) is 0 Å². The van der Waals surface area contributed by atoms with Gasteiger partial charge in [0, 0.05) is 18.1 Å². The van der Waals surface area contributed by atoms with Crippen molar-refractivity contribution in [2.75, 3.05) is 12.4 Å². The van der Waals surface area contributed by atoms with Gasteiger partial charge < -0.3 is 10.1 Å². The Morgan fingerprint density at radius 1 is 1.26 bits per heavy atom. The summed E-state index contributed by atoms with van der Waals surface area (Å²) in [7, 11) is 1.52. The number of aromatic nitrogens is 1. The van der Waals surface area contributed by atoms with Crippen LogP contribution < -0.4 is 10.1 Å². The number of carbonyl (C=O) groups excluding carboxylic acids is 1. The number of methoxy groups -OCH3 is 1. The molecule has 4 nitrogen and oxygen atoms in total. The van der Waals surface area contributed by atoms with Gasteiger partial charge >= 0.3 is 0 Å². The van der Waals surface area contributed by atoms with Gasteiger partial charge in [-0.2, -0.15) is 0 Å². The van der Waals surface area contributed by atoms with Gasteiger partial charge in [-0.1, -0.05) is 23.2 Å². The highest BCUT2D eigenvalue weighted by molar-refractivity contribution is 6.34. The third-order valence-electron chi connectivity index (χ3n) is 2.43. The van der Waals surface area contributed by atoms with Crippen LogP contribution in [0.15, 0.2) is 36.7 Å². The Bertz CT molecular complexity index is 617. The molecule has 1 amide bonds. The van der Waals surface area contributed by atoms with E-state index >= 15 is 0 Å². The molecule has 0 aliphatic carbocycles. The molecule has 0 saturated heterocycles. The van der Waals surface area contributed by atoms with E-state index in [4.69, 9.17) is 27.9 Å². The van der Waals surface area contributed by atoms with E-state index in [2.05, 4.69) is 10.3 Å². The third kappa shape index (κ3) is 3.16. The maximum atomic E-state index is 12.0. The number of hydrogen-bond donors (Lipinski definition) is 1. The number of rotatable bonds is 3. The highest BCUT2D eigenvalue weighted by Gasteiger charge is 2.11. The van der Waals surface area contributed by atoms with Crippen LogP contribution >= 0.6 is 23.2 Å². The predicted octanol–water partition coefficient (Wildman–Crippen LogP) is 3.65. The number of pyridine rings is 1. The SMILES string of the molecule is COc1ccc(NC(=O)c2ccncc2Cl)cc1Cl. The van der Waals surface area contributed by atoms with Crippen LogP contribution in [0, 0.1) is 0 Å². The van der Waals surface area contributed by atoms with Crippen molar-refractivity contribution in [1.82, 2.24) is 4.98 Å². The zero-order chi connectivity index (χ0) is 13.8. The van der Waals surface area contributed by atoms with Gasteiger partial charge in [0.25, 0.3) is 5.91 Å². The first-order valence-corrected chi connectivity index (χ1v) is 6.12. The monoisotopic (exact) mass is 296 g/mol. The van der Waals surface area contributed by atoms with Gasteiger partial charge in [0.15, 0.2) is 0 Å². The molecule has 1 aromatic heterocycles. The predicted molar refractivity (Wildman–Crippen MR) is 75.2 cm³/mol. The molecule has 2 aromatic rings. The molecule has 0 aliphatic rings. The molecular formula is C13H10Cl2N2O2. The summed E-state index contributed by atoms with van der Waals surface area (Å²) in [6.45, 7) is 0. The number of nitrogens with one attached hydrogen (secondary N) is 1.